The predicted octanol–water partition coefficient (Wildman–Crippen LogP) is -0.387. The van der Waals surface area contributed by atoms with Crippen LogP contribution in [0.2, 0.25) is 0 Å². The van der Waals surface area contributed by atoms with Gasteiger partial charge in [0.2, 0.25) is 0 Å². The minimum Gasteiger partial charge on any atom is -0.481 e. The Hall–Kier alpha value is -0.620. The minimum atomic E-state index is -2.98. The summed E-state index contributed by atoms with van der Waals surface area (Å²) in [7, 11) is -2.98. The first-order chi connectivity index (χ1) is 6.41. The molecule has 0 bridgehead atoms. The van der Waals surface area contributed by atoms with E-state index >= 15 is 0 Å². The topological polar surface area (TPSA) is 97.5 Å². The molecule has 0 amide bonds. The van der Waals surface area contributed by atoms with Crippen LogP contribution in [0.25, 0.3) is 0 Å². The van der Waals surface area contributed by atoms with Gasteiger partial charge in [-0.1, -0.05) is 0 Å². The smallest absolute Gasteiger partial charge is 0.303 e. The van der Waals surface area contributed by atoms with E-state index in [0.29, 0.717) is 12.8 Å². The molecule has 0 aromatic heterocycles. The lowest BCUT2D eigenvalue weighted by Crippen LogP contribution is -2.43. The number of sulfone groups is 1. The maximum atomic E-state index is 11.1. The molecule has 1 heterocycles. The summed E-state index contributed by atoms with van der Waals surface area (Å²) < 4.78 is 22.3. The molecule has 1 saturated heterocycles. The van der Waals surface area contributed by atoms with Crippen LogP contribution in [0.3, 0.4) is 0 Å². The predicted molar refractivity (Wildman–Crippen MR) is 51.6 cm³/mol. The van der Waals surface area contributed by atoms with Crippen molar-refractivity contribution in [2.45, 2.75) is 25.3 Å². The van der Waals surface area contributed by atoms with E-state index in [1.165, 1.54) is 0 Å². The summed E-state index contributed by atoms with van der Waals surface area (Å²) in [5.41, 5.74) is 5.67. The maximum absolute atomic E-state index is 11.1. The van der Waals surface area contributed by atoms with Gasteiger partial charge in [-0.05, 0) is 18.8 Å². The zero-order valence-electron chi connectivity index (χ0n) is 7.85. The average molecular weight is 221 g/mol. The highest BCUT2D eigenvalue weighted by atomic mass is 32.2. The molecule has 0 aromatic carbocycles. The second kappa shape index (κ2) is 4.27. The third-order valence-corrected chi connectivity index (χ3v) is 4.33. The molecule has 6 heteroatoms. The Kier molecular flexibility index (Phi) is 3.49. The SMILES string of the molecule is N[C@H]1CS(=O)(=O)CC[C@@H]1CCC(=O)O. The Morgan fingerprint density at radius 2 is 2.14 bits per heavy atom. The van der Waals surface area contributed by atoms with Crippen molar-refractivity contribution in [3.8, 4) is 0 Å². The number of carboxylic acids is 1. The van der Waals surface area contributed by atoms with Gasteiger partial charge >= 0.3 is 5.97 Å². The number of hydrogen-bond donors (Lipinski definition) is 2. The van der Waals surface area contributed by atoms with E-state index in [2.05, 4.69) is 0 Å². The molecule has 0 unspecified atom stereocenters. The van der Waals surface area contributed by atoms with Crippen molar-refractivity contribution >= 4 is 15.8 Å². The summed E-state index contributed by atoms with van der Waals surface area (Å²) in [4.78, 5) is 10.3. The zero-order chi connectivity index (χ0) is 10.8. The molecule has 0 spiro atoms. The largest absolute Gasteiger partial charge is 0.481 e. The monoisotopic (exact) mass is 221 g/mol. The number of nitrogens with two attached hydrogens (primary N) is 1. The van der Waals surface area contributed by atoms with Crippen molar-refractivity contribution in [3.63, 3.8) is 0 Å². The molecule has 0 aliphatic carbocycles. The molecule has 3 N–H and O–H groups in total. The molecule has 5 nitrogen and oxygen atoms in total. The van der Waals surface area contributed by atoms with Crippen molar-refractivity contribution in [2.75, 3.05) is 11.5 Å². The van der Waals surface area contributed by atoms with Crippen molar-refractivity contribution < 1.29 is 18.3 Å². The van der Waals surface area contributed by atoms with E-state index in [4.69, 9.17) is 10.8 Å². The van der Waals surface area contributed by atoms with Crippen molar-refractivity contribution in [1.82, 2.24) is 0 Å². The summed E-state index contributed by atoms with van der Waals surface area (Å²) in [5.74, 6) is -0.678. The van der Waals surface area contributed by atoms with Gasteiger partial charge in [0.05, 0.1) is 11.5 Å². The molecule has 1 fully saturated rings. The van der Waals surface area contributed by atoms with Gasteiger partial charge in [0.15, 0.2) is 9.84 Å². The van der Waals surface area contributed by atoms with Crippen LogP contribution >= 0.6 is 0 Å². The van der Waals surface area contributed by atoms with Crippen molar-refractivity contribution in [1.29, 1.82) is 0 Å². The highest BCUT2D eigenvalue weighted by Gasteiger charge is 2.30. The lowest BCUT2D eigenvalue weighted by Gasteiger charge is -2.27. The Morgan fingerprint density at radius 3 is 2.64 bits per heavy atom. The highest BCUT2D eigenvalue weighted by Crippen LogP contribution is 2.22. The zero-order valence-corrected chi connectivity index (χ0v) is 8.66. The van der Waals surface area contributed by atoms with Gasteiger partial charge in [-0.15, -0.1) is 0 Å². The molecule has 0 aromatic rings. The minimum absolute atomic E-state index is 0.00269. The summed E-state index contributed by atoms with van der Waals surface area (Å²) in [6, 6.07) is -0.395. The second-order valence-corrected chi connectivity index (χ2v) is 5.99. The number of carbonyl (C=O) groups is 1. The van der Waals surface area contributed by atoms with E-state index in [-0.39, 0.29) is 23.8 Å². The van der Waals surface area contributed by atoms with Crippen molar-refractivity contribution in [3.05, 3.63) is 0 Å². The van der Waals surface area contributed by atoms with Crippen LogP contribution in [-0.4, -0.2) is 37.0 Å². The molecule has 1 rings (SSSR count). The summed E-state index contributed by atoms with van der Waals surface area (Å²) in [6.07, 6.45) is 1.04. The maximum Gasteiger partial charge on any atom is 0.303 e. The number of carboxylic acid groups (broad SMARTS) is 1. The van der Waals surface area contributed by atoms with Gasteiger partial charge in [-0.25, -0.2) is 8.42 Å². The molecule has 0 radical (unpaired) electrons. The second-order valence-electron chi connectivity index (χ2n) is 3.76. The number of aliphatic carboxylic acids is 1. The molecule has 82 valence electrons. The van der Waals surface area contributed by atoms with Crippen LogP contribution in [0, 0.1) is 5.92 Å². The molecule has 14 heavy (non-hydrogen) atoms. The van der Waals surface area contributed by atoms with Gasteiger partial charge in [0.1, 0.15) is 0 Å². The normalized spacial score (nSPS) is 31.2. The Bertz CT molecular complexity index is 311. The Balaban J connectivity index is 2.46. The van der Waals surface area contributed by atoms with E-state index in [1.54, 1.807) is 0 Å². The first kappa shape index (κ1) is 11.5. The van der Waals surface area contributed by atoms with Crippen molar-refractivity contribution in [2.24, 2.45) is 11.7 Å². The molecule has 0 saturated carbocycles. The number of hydrogen-bond acceptors (Lipinski definition) is 4. The molecule has 1 aliphatic rings. The fourth-order valence-corrected chi connectivity index (χ4v) is 3.41. The molecule has 1 aliphatic heterocycles. The van der Waals surface area contributed by atoms with Gasteiger partial charge in [-0.3, -0.25) is 4.79 Å². The van der Waals surface area contributed by atoms with Gasteiger partial charge in [0, 0.05) is 12.5 Å². The van der Waals surface area contributed by atoms with Crippen LogP contribution < -0.4 is 5.73 Å². The Morgan fingerprint density at radius 1 is 1.50 bits per heavy atom. The standard InChI is InChI=1S/C8H15NO4S/c9-7-5-14(12,13)4-3-6(7)1-2-8(10)11/h6-7H,1-5,9H2,(H,10,11)/t6-,7-/m0/s1. The lowest BCUT2D eigenvalue weighted by molar-refractivity contribution is -0.137. The summed E-state index contributed by atoms with van der Waals surface area (Å²) >= 11 is 0. The average Bonchev–Trinajstić information content (AvgIpc) is 2.00. The summed E-state index contributed by atoms with van der Waals surface area (Å²) in [6.45, 7) is 0. The highest BCUT2D eigenvalue weighted by molar-refractivity contribution is 7.91. The first-order valence-corrected chi connectivity index (χ1v) is 6.40. The molecule has 2 atom stereocenters. The van der Waals surface area contributed by atoms with Crippen LogP contribution in [-0.2, 0) is 14.6 Å². The van der Waals surface area contributed by atoms with E-state index in [9.17, 15) is 13.2 Å². The molecular weight excluding hydrogens is 206 g/mol. The fourth-order valence-electron chi connectivity index (χ4n) is 1.72. The third-order valence-electron chi connectivity index (χ3n) is 2.58. The lowest BCUT2D eigenvalue weighted by atomic mass is 9.93. The first-order valence-electron chi connectivity index (χ1n) is 4.58. The summed E-state index contributed by atoms with van der Waals surface area (Å²) in [5, 5.41) is 8.47. The van der Waals surface area contributed by atoms with Gasteiger partial charge < -0.3 is 10.8 Å². The van der Waals surface area contributed by atoms with E-state index < -0.39 is 21.8 Å². The quantitative estimate of drug-likeness (QED) is 0.676. The van der Waals surface area contributed by atoms with Crippen LogP contribution in [0.5, 0.6) is 0 Å². The van der Waals surface area contributed by atoms with Crippen LogP contribution in [0.15, 0.2) is 0 Å². The molecular formula is C8H15NO4S. The third kappa shape index (κ3) is 3.26. The fraction of sp³-hybridized carbons (Fsp3) is 0.875. The number of rotatable bonds is 3. The van der Waals surface area contributed by atoms with Crippen LogP contribution in [0.4, 0.5) is 0 Å². The van der Waals surface area contributed by atoms with Gasteiger partial charge in [0.25, 0.3) is 0 Å². The van der Waals surface area contributed by atoms with E-state index in [0.717, 1.165) is 0 Å². The van der Waals surface area contributed by atoms with Gasteiger partial charge in [-0.2, -0.15) is 0 Å². The van der Waals surface area contributed by atoms with Crippen LogP contribution in [0.1, 0.15) is 19.3 Å². The van der Waals surface area contributed by atoms with E-state index in [1.807, 2.05) is 0 Å². The Labute approximate surface area is 83.2 Å².